The Morgan fingerprint density at radius 2 is 2.20 bits per heavy atom. The summed E-state index contributed by atoms with van der Waals surface area (Å²) in [7, 11) is 1.68. The molecule has 1 aromatic carbocycles. The fourth-order valence-corrected chi connectivity index (χ4v) is 3.80. The summed E-state index contributed by atoms with van der Waals surface area (Å²) in [5.74, 6) is 0.596. The molecule has 0 bridgehead atoms. The number of fused-ring (bicyclic) bond motifs is 2. The maximum absolute atomic E-state index is 5.13. The number of ether oxygens (including phenoxy) is 1. The Hall–Kier alpha value is -2.51. The van der Waals surface area contributed by atoms with Crippen LogP contribution >= 0.6 is 11.3 Å². The van der Waals surface area contributed by atoms with Gasteiger partial charge in [0.15, 0.2) is 0 Å². The minimum atomic E-state index is 0.147. The number of anilines is 1. The van der Waals surface area contributed by atoms with Crippen LogP contribution in [0.2, 0.25) is 0 Å². The lowest BCUT2D eigenvalue weighted by atomic mass is 10.1. The van der Waals surface area contributed by atoms with Crippen LogP contribution in [0.15, 0.2) is 30.6 Å². The van der Waals surface area contributed by atoms with Crippen LogP contribution in [0.4, 0.5) is 5.95 Å². The molecule has 25 heavy (non-hydrogen) atoms. The maximum atomic E-state index is 5.13. The Morgan fingerprint density at radius 3 is 3.04 bits per heavy atom. The third-order valence-corrected chi connectivity index (χ3v) is 4.96. The van der Waals surface area contributed by atoms with E-state index < -0.39 is 0 Å². The highest BCUT2D eigenvalue weighted by Crippen LogP contribution is 2.32. The van der Waals surface area contributed by atoms with Gasteiger partial charge in [-0.2, -0.15) is 4.98 Å². The third kappa shape index (κ3) is 3.08. The van der Waals surface area contributed by atoms with Crippen molar-refractivity contribution in [3.05, 3.63) is 35.6 Å². The number of aromatic nitrogens is 4. The summed E-state index contributed by atoms with van der Waals surface area (Å²) < 4.78 is 6.32. The minimum absolute atomic E-state index is 0.147. The molecule has 0 fully saturated rings. The zero-order valence-corrected chi connectivity index (χ0v) is 15.1. The van der Waals surface area contributed by atoms with Gasteiger partial charge >= 0.3 is 0 Å². The normalized spacial score (nSPS) is 12.8. The van der Waals surface area contributed by atoms with E-state index in [0.29, 0.717) is 12.6 Å². The molecule has 3 heterocycles. The Morgan fingerprint density at radius 1 is 1.32 bits per heavy atom. The number of H-pyrrole nitrogens is 1. The van der Waals surface area contributed by atoms with Gasteiger partial charge in [0.05, 0.1) is 21.8 Å². The molecule has 0 unspecified atom stereocenters. The second kappa shape index (κ2) is 6.42. The summed E-state index contributed by atoms with van der Waals surface area (Å²) in [6.07, 6.45) is 3.84. The van der Waals surface area contributed by atoms with E-state index in [4.69, 9.17) is 4.74 Å². The van der Waals surface area contributed by atoms with Gasteiger partial charge in [-0.05, 0) is 31.5 Å². The Labute approximate surface area is 149 Å². The number of rotatable bonds is 5. The van der Waals surface area contributed by atoms with Crippen molar-refractivity contribution in [2.45, 2.75) is 19.9 Å². The summed E-state index contributed by atoms with van der Waals surface area (Å²) in [6.45, 7) is 4.66. The lowest BCUT2D eigenvalue weighted by Gasteiger charge is -2.12. The van der Waals surface area contributed by atoms with Crippen LogP contribution in [-0.2, 0) is 4.74 Å². The number of nitrogens with one attached hydrogen (secondary N) is 2. The predicted octanol–water partition coefficient (Wildman–Crippen LogP) is 3.99. The average molecular weight is 353 g/mol. The van der Waals surface area contributed by atoms with Crippen molar-refractivity contribution in [2.75, 3.05) is 19.0 Å². The van der Waals surface area contributed by atoms with Crippen molar-refractivity contribution in [1.29, 1.82) is 0 Å². The molecule has 0 aliphatic carbocycles. The van der Waals surface area contributed by atoms with E-state index in [1.807, 2.05) is 26.2 Å². The molecule has 6 nitrogen and oxygen atoms in total. The minimum Gasteiger partial charge on any atom is -0.383 e. The molecule has 4 aromatic rings. The molecule has 0 saturated heterocycles. The number of aryl methyl sites for hydroxylation is 1. The highest BCUT2D eigenvalue weighted by atomic mass is 32.1. The largest absolute Gasteiger partial charge is 0.383 e. The molecular weight excluding hydrogens is 334 g/mol. The van der Waals surface area contributed by atoms with E-state index in [2.05, 4.69) is 43.5 Å². The first kappa shape index (κ1) is 16.0. The molecule has 1 atom stereocenters. The molecule has 0 saturated carbocycles. The lowest BCUT2D eigenvalue weighted by Crippen LogP contribution is -2.22. The SMILES string of the molecule is COC[C@H](C)Nc1ncc2c(-c3ccc4nc(C)sc4c3)c[nH]c2n1. The van der Waals surface area contributed by atoms with Crippen molar-refractivity contribution < 1.29 is 4.74 Å². The monoisotopic (exact) mass is 353 g/mol. The molecule has 0 amide bonds. The van der Waals surface area contributed by atoms with E-state index in [1.54, 1.807) is 18.4 Å². The molecule has 4 rings (SSSR count). The summed E-state index contributed by atoms with van der Waals surface area (Å²) >= 11 is 1.71. The van der Waals surface area contributed by atoms with Gasteiger partial charge in [0.1, 0.15) is 5.65 Å². The van der Waals surface area contributed by atoms with Gasteiger partial charge in [0.25, 0.3) is 0 Å². The molecule has 0 radical (unpaired) electrons. The number of methoxy groups -OCH3 is 1. The lowest BCUT2D eigenvalue weighted by molar-refractivity contribution is 0.190. The number of benzene rings is 1. The van der Waals surface area contributed by atoms with E-state index in [9.17, 15) is 0 Å². The maximum Gasteiger partial charge on any atom is 0.224 e. The Balaban J connectivity index is 1.70. The molecule has 0 aliphatic heterocycles. The fourth-order valence-electron chi connectivity index (χ4n) is 2.94. The van der Waals surface area contributed by atoms with E-state index in [1.165, 1.54) is 4.70 Å². The quantitative estimate of drug-likeness (QED) is 0.567. The molecule has 7 heteroatoms. The second-order valence-corrected chi connectivity index (χ2v) is 7.31. The van der Waals surface area contributed by atoms with Crippen LogP contribution in [-0.4, -0.2) is 39.7 Å². The molecular formula is C18H19N5OS. The highest BCUT2D eigenvalue weighted by Gasteiger charge is 2.11. The molecule has 2 N–H and O–H groups in total. The third-order valence-electron chi connectivity index (χ3n) is 4.03. The van der Waals surface area contributed by atoms with Gasteiger partial charge in [0.2, 0.25) is 5.95 Å². The van der Waals surface area contributed by atoms with Crippen molar-refractivity contribution >= 4 is 38.5 Å². The molecule has 0 spiro atoms. The van der Waals surface area contributed by atoms with Gasteiger partial charge in [-0.3, -0.25) is 0 Å². The van der Waals surface area contributed by atoms with E-state index in [-0.39, 0.29) is 6.04 Å². The average Bonchev–Trinajstić information content (AvgIpc) is 3.16. The number of aromatic amines is 1. The topological polar surface area (TPSA) is 75.7 Å². The van der Waals surface area contributed by atoms with Gasteiger partial charge in [0, 0.05) is 36.5 Å². The van der Waals surface area contributed by atoms with Crippen LogP contribution in [0.5, 0.6) is 0 Å². The first-order chi connectivity index (χ1) is 12.1. The van der Waals surface area contributed by atoms with Gasteiger partial charge in [-0.1, -0.05) is 6.07 Å². The summed E-state index contributed by atoms with van der Waals surface area (Å²) in [5.41, 5.74) is 4.09. The summed E-state index contributed by atoms with van der Waals surface area (Å²) in [5, 5.41) is 5.32. The van der Waals surface area contributed by atoms with Crippen molar-refractivity contribution in [3.63, 3.8) is 0 Å². The summed E-state index contributed by atoms with van der Waals surface area (Å²) in [6, 6.07) is 6.48. The van der Waals surface area contributed by atoms with Crippen LogP contribution in [0.1, 0.15) is 11.9 Å². The van der Waals surface area contributed by atoms with Gasteiger partial charge in [-0.25, -0.2) is 9.97 Å². The number of nitrogens with zero attached hydrogens (tertiary/aromatic N) is 3. The summed E-state index contributed by atoms with van der Waals surface area (Å²) in [4.78, 5) is 16.8. The Kier molecular flexibility index (Phi) is 4.10. The van der Waals surface area contributed by atoms with Crippen molar-refractivity contribution in [3.8, 4) is 11.1 Å². The van der Waals surface area contributed by atoms with Crippen LogP contribution in [0.25, 0.3) is 32.4 Å². The van der Waals surface area contributed by atoms with Crippen LogP contribution < -0.4 is 5.32 Å². The number of hydrogen-bond donors (Lipinski definition) is 2. The zero-order chi connectivity index (χ0) is 17.4. The number of thiazole rings is 1. The van der Waals surface area contributed by atoms with Crippen LogP contribution in [0.3, 0.4) is 0 Å². The van der Waals surface area contributed by atoms with Crippen molar-refractivity contribution in [1.82, 2.24) is 19.9 Å². The smallest absolute Gasteiger partial charge is 0.224 e. The fraction of sp³-hybridized carbons (Fsp3) is 0.278. The molecule has 0 aliphatic rings. The van der Waals surface area contributed by atoms with Gasteiger partial charge in [-0.15, -0.1) is 11.3 Å². The highest BCUT2D eigenvalue weighted by molar-refractivity contribution is 7.18. The molecule has 128 valence electrons. The predicted molar refractivity (Wildman–Crippen MR) is 102 cm³/mol. The zero-order valence-electron chi connectivity index (χ0n) is 14.3. The van der Waals surface area contributed by atoms with Crippen molar-refractivity contribution in [2.24, 2.45) is 0 Å². The number of hydrogen-bond acceptors (Lipinski definition) is 6. The Bertz CT molecular complexity index is 1040. The molecule has 3 aromatic heterocycles. The van der Waals surface area contributed by atoms with Gasteiger partial charge < -0.3 is 15.0 Å². The standard InChI is InChI=1S/C18H19N5OS/c1-10(9-24-3)21-18-20-8-14-13(7-19-17(14)23-18)12-4-5-15-16(6-12)25-11(2)22-15/h4-8,10H,9H2,1-3H3,(H2,19,20,21,23)/t10-/m0/s1. The first-order valence-corrected chi connectivity index (χ1v) is 8.93. The van der Waals surface area contributed by atoms with Crippen LogP contribution in [0, 0.1) is 6.92 Å². The van der Waals surface area contributed by atoms with E-state index >= 15 is 0 Å². The second-order valence-electron chi connectivity index (χ2n) is 6.07. The van der Waals surface area contributed by atoms with E-state index in [0.717, 1.165) is 32.7 Å². The first-order valence-electron chi connectivity index (χ1n) is 8.11.